The Hall–Kier alpha value is -2.07. The second-order valence-corrected chi connectivity index (χ2v) is 18.6. The van der Waals surface area contributed by atoms with Crippen LogP contribution in [-0.2, 0) is 37.4 Å². The van der Waals surface area contributed by atoms with Gasteiger partial charge in [0.15, 0.2) is 6.10 Å². The number of nitrogens with zero attached hydrogens (tertiary/aromatic N) is 1. The molecule has 10 nitrogen and oxygen atoms in total. The van der Waals surface area contributed by atoms with Gasteiger partial charge in [-0.1, -0.05) is 140 Å². The highest BCUT2D eigenvalue weighted by Crippen LogP contribution is 2.43. The molecule has 0 aromatic carbocycles. The number of hydrogen-bond donors (Lipinski definition) is 1. The number of quaternary nitrogens is 1. The lowest BCUT2D eigenvalue weighted by atomic mass is 10.1. The van der Waals surface area contributed by atoms with Crippen molar-refractivity contribution in [2.75, 3.05) is 47.5 Å². The van der Waals surface area contributed by atoms with Crippen molar-refractivity contribution in [1.82, 2.24) is 0 Å². The third kappa shape index (κ3) is 37.4. The maximum Gasteiger partial charge on any atom is 0.472 e. The van der Waals surface area contributed by atoms with Crippen LogP contribution in [-0.4, -0.2) is 87.1 Å². The fourth-order valence-corrected chi connectivity index (χ4v) is 7.14. The Balaban J connectivity index is 2.31. The normalized spacial score (nSPS) is 17.4. The van der Waals surface area contributed by atoms with Gasteiger partial charge in [-0.15, -0.1) is 0 Å². The Morgan fingerprint density at radius 2 is 1.08 bits per heavy atom. The fourth-order valence-electron chi connectivity index (χ4n) is 6.39. The second-order valence-electron chi connectivity index (χ2n) is 17.2. The van der Waals surface area contributed by atoms with Crippen molar-refractivity contribution in [3.63, 3.8) is 0 Å². The summed E-state index contributed by atoms with van der Waals surface area (Å²) in [6.07, 6.45) is 44.7. The molecule has 1 heterocycles. The van der Waals surface area contributed by atoms with Gasteiger partial charge in [0.05, 0.1) is 40.0 Å². The van der Waals surface area contributed by atoms with Crippen LogP contribution in [0.1, 0.15) is 181 Å². The average molecular weight is 853 g/mol. The van der Waals surface area contributed by atoms with Crippen LogP contribution >= 0.6 is 7.82 Å². The van der Waals surface area contributed by atoms with Gasteiger partial charge in [0.25, 0.3) is 0 Å². The Morgan fingerprint density at radius 1 is 0.610 bits per heavy atom. The number of hydrogen-bond acceptors (Lipinski definition) is 8. The maximum atomic E-state index is 12.7. The minimum atomic E-state index is -4.40. The van der Waals surface area contributed by atoms with Crippen molar-refractivity contribution in [1.29, 1.82) is 0 Å². The van der Waals surface area contributed by atoms with Crippen LogP contribution in [0.5, 0.6) is 0 Å². The van der Waals surface area contributed by atoms with E-state index in [2.05, 4.69) is 62.5 Å². The van der Waals surface area contributed by atoms with Crippen LogP contribution in [0, 0.1) is 0 Å². The molecule has 0 aliphatic carbocycles. The van der Waals surface area contributed by atoms with E-state index >= 15 is 0 Å². The monoisotopic (exact) mass is 853 g/mol. The summed E-state index contributed by atoms with van der Waals surface area (Å²) in [5.74, 6) is -0.877. The number of carbonyl (C=O) groups excluding carboxylic acids is 2. The molecule has 59 heavy (non-hydrogen) atoms. The number of epoxide rings is 1. The van der Waals surface area contributed by atoms with E-state index in [1.807, 2.05) is 21.1 Å². The molecule has 0 spiro atoms. The molecule has 1 N–H and O–H groups in total. The molecule has 1 saturated heterocycles. The van der Waals surface area contributed by atoms with Gasteiger partial charge in [-0.3, -0.25) is 18.6 Å². The smallest absolute Gasteiger partial charge is 0.462 e. The first-order valence-electron chi connectivity index (χ1n) is 23.5. The first-order valence-corrected chi connectivity index (χ1v) is 25.0. The van der Waals surface area contributed by atoms with Crippen LogP contribution in [0.2, 0.25) is 0 Å². The van der Waals surface area contributed by atoms with Gasteiger partial charge in [0.1, 0.15) is 19.8 Å². The van der Waals surface area contributed by atoms with Crippen LogP contribution in [0.15, 0.2) is 48.6 Å². The standard InChI is InChI=1S/C48H86NO9P/c1-6-8-10-12-14-16-17-18-19-20-21-22-23-25-27-29-35-39-48(51)57-44(43-56-59(52,53)55-41-40-49(3,4)5)42-54-47(50)38-34-31-30-33-37-46-45(58-46)36-32-28-26-24-15-13-11-9-7-2/h15,18-19,24,28,30,32-33,44-46H,6-14,16-17,20-23,25-27,29,31,34-43H2,1-5H3/p+1/b19-18-,24-15-,32-28-,33-30-/t44-,45?,46?/m1/s1. The molecular weight excluding hydrogens is 765 g/mol. The van der Waals surface area contributed by atoms with Crippen molar-refractivity contribution in [3.8, 4) is 0 Å². The summed E-state index contributed by atoms with van der Waals surface area (Å²) < 4.78 is 40.1. The van der Waals surface area contributed by atoms with E-state index in [0.29, 0.717) is 23.9 Å². The van der Waals surface area contributed by atoms with Crippen LogP contribution in [0.3, 0.4) is 0 Å². The van der Waals surface area contributed by atoms with Gasteiger partial charge >= 0.3 is 19.8 Å². The summed E-state index contributed by atoms with van der Waals surface area (Å²) in [6, 6.07) is 0. The molecule has 11 heteroatoms. The van der Waals surface area contributed by atoms with E-state index in [9.17, 15) is 19.0 Å². The zero-order chi connectivity index (χ0) is 43.3. The number of unbranched alkanes of at least 4 members (excludes halogenated alkanes) is 17. The lowest BCUT2D eigenvalue weighted by Crippen LogP contribution is -2.37. The predicted molar refractivity (Wildman–Crippen MR) is 242 cm³/mol. The van der Waals surface area contributed by atoms with E-state index in [-0.39, 0.29) is 38.3 Å². The Kier molecular flexibility index (Phi) is 34.1. The van der Waals surface area contributed by atoms with Gasteiger partial charge in [0.2, 0.25) is 0 Å². The summed E-state index contributed by atoms with van der Waals surface area (Å²) in [4.78, 5) is 35.5. The van der Waals surface area contributed by atoms with Crippen LogP contribution in [0.4, 0.5) is 0 Å². The molecule has 1 rings (SSSR count). The van der Waals surface area contributed by atoms with Gasteiger partial charge in [0, 0.05) is 12.8 Å². The zero-order valence-corrected chi connectivity index (χ0v) is 39.1. The van der Waals surface area contributed by atoms with Crippen molar-refractivity contribution < 1.29 is 46.8 Å². The van der Waals surface area contributed by atoms with E-state index < -0.39 is 32.5 Å². The minimum Gasteiger partial charge on any atom is -0.462 e. The molecule has 3 unspecified atom stereocenters. The summed E-state index contributed by atoms with van der Waals surface area (Å²) in [6.45, 7) is 4.31. The molecule has 342 valence electrons. The molecule has 0 aromatic heterocycles. The predicted octanol–water partition coefficient (Wildman–Crippen LogP) is 12.5. The van der Waals surface area contributed by atoms with E-state index in [0.717, 1.165) is 51.4 Å². The molecule has 0 aromatic rings. The highest BCUT2D eigenvalue weighted by molar-refractivity contribution is 7.47. The summed E-state index contributed by atoms with van der Waals surface area (Å²) in [5, 5.41) is 0. The molecule has 0 radical (unpaired) electrons. The quantitative estimate of drug-likeness (QED) is 0.0160. The summed E-state index contributed by atoms with van der Waals surface area (Å²) >= 11 is 0. The molecule has 0 saturated carbocycles. The van der Waals surface area contributed by atoms with E-state index in [1.165, 1.54) is 89.9 Å². The number of ether oxygens (including phenoxy) is 3. The Morgan fingerprint density at radius 3 is 1.71 bits per heavy atom. The molecule has 1 fully saturated rings. The largest absolute Gasteiger partial charge is 0.472 e. The van der Waals surface area contributed by atoms with Crippen molar-refractivity contribution in [2.24, 2.45) is 0 Å². The zero-order valence-electron chi connectivity index (χ0n) is 38.2. The highest BCUT2D eigenvalue weighted by Gasteiger charge is 2.36. The first kappa shape index (κ1) is 54.9. The van der Waals surface area contributed by atoms with Crippen LogP contribution in [0.25, 0.3) is 0 Å². The van der Waals surface area contributed by atoms with Gasteiger partial charge < -0.3 is 23.6 Å². The Labute approximate surface area is 360 Å². The van der Waals surface area contributed by atoms with E-state index in [4.69, 9.17) is 23.3 Å². The molecule has 1 aliphatic heterocycles. The van der Waals surface area contributed by atoms with Gasteiger partial charge in [-0.2, -0.15) is 0 Å². The van der Waals surface area contributed by atoms with Crippen LogP contribution < -0.4 is 0 Å². The maximum absolute atomic E-state index is 12.7. The lowest BCUT2D eigenvalue weighted by molar-refractivity contribution is -0.870. The van der Waals surface area contributed by atoms with Crippen molar-refractivity contribution >= 4 is 19.8 Å². The summed E-state index contributed by atoms with van der Waals surface area (Å²) in [5.41, 5.74) is 0. The number of rotatable bonds is 41. The first-order chi connectivity index (χ1) is 28.5. The second kappa shape index (κ2) is 36.6. The highest BCUT2D eigenvalue weighted by atomic mass is 31.2. The summed E-state index contributed by atoms with van der Waals surface area (Å²) in [7, 11) is 1.43. The number of carbonyl (C=O) groups is 2. The van der Waals surface area contributed by atoms with Gasteiger partial charge in [-0.25, -0.2) is 4.57 Å². The Bertz CT molecular complexity index is 1210. The molecular formula is C48H87NO9P+. The molecule has 0 amide bonds. The number of esters is 2. The fraction of sp³-hybridized carbons (Fsp3) is 0.792. The topological polar surface area (TPSA) is 121 Å². The number of likely N-dealkylation sites (N-methyl/N-ethyl adjacent to an activating group) is 1. The minimum absolute atomic E-state index is 0.0183. The van der Waals surface area contributed by atoms with E-state index in [1.54, 1.807) is 0 Å². The van der Waals surface area contributed by atoms with Gasteiger partial charge in [-0.05, 0) is 77.0 Å². The number of phosphoric ester groups is 1. The lowest BCUT2D eigenvalue weighted by Gasteiger charge is -2.24. The molecule has 4 atom stereocenters. The molecule has 0 bridgehead atoms. The van der Waals surface area contributed by atoms with Crippen molar-refractivity contribution in [3.05, 3.63) is 48.6 Å². The third-order valence-corrected chi connectivity index (χ3v) is 11.2. The number of allylic oxidation sites excluding steroid dienone is 6. The third-order valence-electron chi connectivity index (χ3n) is 10.2. The average Bonchev–Trinajstić information content (AvgIpc) is 3.94. The van der Waals surface area contributed by atoms with Crippen molar-refractivity contribution in [2.45, 2.75) is 199 Å². The SMILES string of the molecule is CCCCC/C=C\C/C=C\CC1OC1C/C=C\CCCC(=O)OC[C@H](COP(=O)(O)OCC[N+](C)(C)C)OC(=O)CCCCCCCCC/C=C\CCCCCCCC. The molecule has 1 aliphatic rings. The number of phosphoric acid groups is 1.